The van der Waals surface area contributed by atoms with Gasteiger partial charge in [-0.3, -0.25) is 4.99 Å². The van der Waals surface area contributed by atoms with Gasteiger partial charge in [0.25, 0.3) is 0 Å². The molecule has 6 nitrogen and oxygen atoms in total. The normalized spacial score (nSPS) is 15.8. The molecule has 1 aliphatic heterocycles. The molecule has 0 spiro atoms. The number of guanidine groups is 1. The van der Waals surface area contributed by atoms with Crippen LogP contribution < -0.4 is 25.0 Å². The molecule has 2 aromatic carbocycles. The van der Waals surface area contributed by atoms with Crippen LogP contribution in [0.15, 0.2) is 60.1 Å². The molecule has 0 aliphatic carbocycles. The third-order valence-corrected chi connectivity index (χ3v) is 5.31. The average Bonchev–Trinajstić information content (AvgIpc) is 3.25. The summed E-state index contributed by atoms with van der Waals surface area (Å²) >= 11 is 0. The summed E-state index contributed by atoms with van der Waals surface area (Å²) in [5.41, 5.74) is 3.43. The van der Waals surface area contributed by atoms with E-state index in [1.165, 1.54) is 5.69 Å². The van der Waals surface area contributed by atoms with Gasteiger partial charge in [0.15, 0.2) is 17.5 Å². The van der Waals surface area contributed by atoms with Crippen molar-refractivity contribution in [3.05, 3.63) is 66.2 Å². The summed E-state index contributed by atoms with van der Waals surface area (Å²) in [6.07, 6.45) is 3.67. The van der Waals surface area contributed by atoms with Gasteiger partial charge in [-0.05, 0) is 42.7 Å². The number of halogens is 1. The van der Waals surface area contributed by atoms with E-state index in [9.17, 15) is 0 Å². The van der Waals surface area contributed by atoms with Gasteiger partial charge in [0.2, 0.25) is 0 Å². The first-order chi connectivity index (χ1) is 14.7. The lowest BCUT2D eigenvalue weighted by Gasteiger charge is -2.20. The molecule has 1 unspecified atom stereocenters. The molecule has 31 heavy (non-hydrogen) atoms. The highest BCUT2D eigenvalue weighted by atomic mass is 127. The predicted octanol–water partition coefficient (Wildman–Crippen LogP) is 3.99. The second kappa shape index (κ2) is 12.4. The Balaban J connectivity index is 0.00000341. The van der Waals surface area contributed by atoms with Crippen molar-refractivity contribution >= 4 is 35.6 Å². The number of rotatable bonds is 8. The molecule has 1 saturated heterocycles. The van der Waals surface area contributed by atoms with Crippen molar-refractivity contribution in [3.8, 4) is 11.5 Å². The lowest BCUT2D eigenvalue weighted by molar-refractivity contribution is 0.352. The summed E-state index contributed by atoms with van der Waals surface area (Å²) in [6.45, 7) is 6.49. The molecule has 2 N–H and O–H groups in total. The van der Waals surface area contributed by atoms with Crippen LogP contribution in [-0.2, 0) is 13.0 Å². The van der Waals surface area contributed by atoms with Gasteiger partial charge < -0.3 is 25.0 Å². The molecule has 3 rings (SSSR count). The summed E-state index contributed by atoms with van der Waals surface area (Å²) in [4.78, 5) is 6.81. The standard InChI is InChI=1S/C24H32N4O2.HI/c1-5-9-19-14-18(15-22(29-3)23(19)30-4)16-26-24(25-2)27-20-12-13-28(17-20)21-10-7-6-8-11-21;/h5-8,10-11,14-15,20H,1,9,12-13,16-17H2,2-4H3,(H2,25,26,27);1H. The fraction of sp³-hybridized carbons (Fsp3) is 0.375. The van der Waals surface area contributed by atoms with Crippen LogP contribution in [-0.4, -0.2) is 46.4 Å². The molecule has 168 valence electrons. The molecule has 1 heterocycles. The number of nitrogens with zero attached hydrogens (tertiary/aromatic N) is 2. The molecule has 1 atom stereocenters. The summed E-state index contributed by atoms with van der Waals surface area (Å²) in [7, 11) is 5.12. The second-order valence-electron chi connectivity index (χ2n) is 7.32. The van der Waals surface area contributed by atoms with Crippen molar-refractivity contribution in [1.82, 2.24) is 10.6 Å². The van der Waals surface area contributed by atoms with Crippen molar-refractivity contribution in [2.45, 2.75) is 25.4 Å². The lowest BCUT2D eigenvalue weighted by atomic mass is 10.1. The number of ether oxygens (including phenoxy) is 2. The molecule has 7 heteroatoms. The largest absolute Gasteiger partial charge is 0.493 e. The van der Waals surface area contributed by atoms with Crippen molar-refractivity contribution in [1.29, 1.82) is 0 Å². The molecular formula is C24H33IN4O2. The zero-order chi connectivity index (χ0) is 21.3. The number of para-hydroxylation sites is 1. The Hall–Kier alpha value is -2.42. The number of allylic oxidation sites excluding steroid dienone is 1. The first-order valence-corrected chi connectivity index (χ1v) is 10.3. The van der Waals surface area contributed by atoms with E-state index in [0.717, 1.165) is 54.5 Å². The monoisotopic (exact) mass is 536 g/mol. The maximum Gasteiger partial charge on any atom is 0.191 e. The Labute approximate surface area is 202 Å². The highest BCUT2D eigenvalue weighted by molar-refractivity contribution is 14.0. The van der Waals surface area contributed by atoms with Crippen molar-refractivity contribution < 1.29 is 9.47 Å². The van der Waals surface area contributed by atoms with E-state index in [-0.39, 0.29) is 24.0 Å². The highest BCUT2D eigenvalue weighted by Gasteiger charge is 2.23. The van der Waals surface area contributed by atoms with Crippen LogP contribution in [0.3, 0.4) is 0 Å². The Morgan fingerprint density at radius 2 is 2.00 bits per heavy atom. The van der Waals surface area contributed by atoms with Gasteiger partial charge in [0, 0.05) is 44.0 Å². The zero-order valence-corrected chi connectivity index (χ0v) is 20.9. The van der Waals surface area contributed by atoms with Crippen LogP contribution in [0, 0.1) is 0 Å². The van der Waals surface area contributed by atoms with Crippen molar-refractivity contribution in [2.75, 3.05) is 39.3 Å². The van der Waals surface area contributed by atoms with Crippen LogP contribution >= 0.6 is 24.0 Å². The Morgan fingerprint density at radius 1 is 1.23 bits per heavy atom. The van der Waals surface area contributed by atoms with Gasteiger partial charge in [-0.2, -0.15) is 0 Å². The van der Waals surface area contributed by atoms with Gasteiger partial charge in [-0.15, -0.1) is 30.6 Å². The minimum Gasteiger partial charge on any atom is -0.493 e. The first-order valence-electron chi connectivity index (χ1n) is 10.3. The molecule has 0 radical (unpaired) electrons. The fourth-order valence-electron chi connectivity index (χ4n) is 3.84. The number of anilines is 1. The van der Waals surface area contributed by atoms with Crippen LogP contribution in [0.4, 0.5) is 5.69 Å². The lowest BCUT2D eigenvalue weighted by Crippen LogP contribution is -2.44. The summed E-state index contributed by atoms with van der Waals surface area (Å²) < 4.78 is 11.0. The maximum atomic E-state index is 5.52. The highest BCUT2D eigenvalue weighted by Crippen LogP contribution is 2.33. The molecule has 2 aromatic rings. The SMILES string of the molecule is C=CCc1cc(CNC(=NC)NC2CCN(c3ccccc3)C2)cc(OC)c1OC.I. The van der Waals surface area contributed by atoms with E-state index >= 15 is 0 Å². The summed E-state index contributed by atoms with van der Waals surface area (Å²) in [6, 6.07) is 15.0. The summed E-state index contributed by atoms with van der Waals surface area (Å²) in [5, 5.41) is 6.98. The van der Waals surface area contributed by atoms with Gasteiger partial charge in [0.1, 0.15) is 0 Å². The second-order valence-corrected chi connectivity index (χ2v) is 7.32. The first kappa shape index (κ1) is 24.8. The van der Waals surface area contributed by atoms with E-state index in [1.54, 1.807) is 21.3 Å². The molecule has 1 fully saturated rings. The Bertz CT molecular complexity index is 873. The number of aliphatic imine (C=N–C) groups is 1. The topological polar surface area (TPSA) is 58.1 Å². The van der Waals surface area contributed by atoms with E-state index in [4.69, 9.17) is 9.47 Å². The maximum absolute atomic E-state index is 5.52. The fourth-order valence-corrected chi connectivity index (χ4v) is 3.84. The van der Waals surface area contributed by atoms with E-state index in [0.29, 0.717) is 12.6 Å². The van der Waals surface area contributed by atoms with E-state index < -0.39 is 0 Å². The summed E-state index contributed by atoms with van der Waals surface area (Å²) in [5.74, 6) is 2.29. The predicted molar refractivity (Wildman–Crippen MR) is 139 cm³/mol. The third kappa shape index (κ3) is 6.53. The molecule has 0 amide bonds. The number of benzene rings is 2. The van der Waals surface area contributed by atoms with Gasteiger partial charge in [0.05, 0.1) is 14.2 Å². The third-order valence-electron chi connectivity index (χ3n) is 5.31. The van der Waals surface area contributed by atoms with E-state index in [2.05, 4.69) is 63.5 Å². The molecule has 0 saturated carbocycles. The average molecular weight is 536 g/mol. The zero-order valence-electron chi connectivity index (χ0n) is 18.6. The number of nitrogens with one attached hydrogen (secondary N) is 2. The molecular weight excluding hydrogens is 503 g/mol. The van der Waals surface area contributed by atoms with Gasteiger partial charge >= 0.3 is 0 Å². The minimum atomic E-state index is 0. The van der Waals surface area contributed by atoms with Crippen LogP contribution in [0.25, 0.3) is 0 Å². The smallest absolute Gasteiger partial charge is 0.191 e. The molecule has 1 aliphatic rings. The van der Waals surface area contributed by atoms with Crippen LogP contribution in [0.5, 0.6) is 11.5 Å². The Kier molecular flexibility index (Phi) is 9.97. The van der Waals surface area contributed by atoms with E-state index in [1.807, 2.05) is 12.1 Å². The molecule has 0 aromatic heterocycles. The number of hydrogen-bond acceptors (Lipinski definition) is 4. The van der Waals surface area contributed by atoms with Gasteiger partial charge in [-0.1, -0.05) is 24.3 Å². The Morgan fingerprint density at radius 3 is 2.65 bits per heavy atom. The van der Waals surface area contributed by atoms with Crippen molar-refractivity contribution in [3.63, 3.8) is 0 Å². The molecule has 0 bridgehead atoms. The van der Waals surface area contributed by atoms with Crippen molar-refractivity contribution in [2.24, 2.45) is 4.99 Å². The number of methoxy groups -OCH3 is 2. The van der Waals surface area contributed by atoms with Crippen LogP contribution in [0.2, 0.25) is 0 Å². The van der Waals surface area contributed by atoms with Gasteiger partial charge in [-0.25, -0.2) is 0 Å². The van der Waals surface area contributed by atoms with Crippen LogP contribution in [0.1, 0.15) is 17.5 Å². The minimum absolute atomic E-state index is 0. The quantitative estimate of drug-likeness (QED) is 0.231. The number of hydrogen-bond donors (Lipinski definition) is 2.